The molecule has 0 radical (unpaired) electrons. The molecule has 2 rings (SSSR count). The van der Waals surface area contributed by atoms with Crippen LogP contribution in [0.4, 0.5) is 0 Å². The van der Waals surface area contributed by atoms with Crippen molar-refractivity contribution in [2.24, 2.45) is 5.92 Å². The summed E-state index contributed by atoms with van der Waals surface area (Å²) >= 11 is 0. The van der Waals surface area contributed by atoms with Gasteiger partial charge in [-0.05, 0) is 60.4 Å². The second-order valence-electron chi connectivity index (χ2n) is 7.87. The van der Waals surface area contributed by atoms with Crippen molar-refractivity contribution in [1.29, 1.82) is 0 Å². The van der Waals surface area contributed by atoms with Crippen molar-refractivity contribution in [3.63, 3.8) is 0 Å². The van der Waals surface area contributed by atoms with E-state index in [9.17, 15) is 4.79 Å². The third-order valence-corrected chi connectivity index (χ3v) is 4.43. The topological polar surface area (TPSA) is 23.6 Å². The van der Waals surface area contributed by atoms with E-state index in [4.69, 9.17) is 0 Å². The van der Waals surface area contributed by atoms with Crippen LogP contribution in [0.1, 0.15) is 54.4 Å². The van der Waals surface area contributed by atoms with Gasteiger partial charge in [0.2, 0.25) is 5.91 Å². The maximum atomic E-state index is 12.3. The first-order valence-electron chi connectivity index (χ1n) is 7.18. The zero-order chi connectivity index (χ0) is 13.7. The van der Waals surface area contributed by atoms with Gasteiger partial charge in [-0.15, -0.1) is 0 Å². The summed E-state index contributed by atoms with van der Waals surface area (Å²) in [5.74, 6) is 0.934. The first-order valence-corrected chi connectivity index (χ1v) is 7.18. The normalized spacial score (nSPS) is 30.8. The van der Waals surface area contributed by atoms with Crippen LogP contribution in [0.2, 0.25) is 0 Å². The molecule has 2 fully saturated rings. The predicted molar refractivity (Wildman–Crippen MR) is 74.4 cm³/mol. The lowest BCUT2D eigenvalue weighted by atomic mass is 9.88. The largest absolute Gasteiger partial charge is 0.333 e. The van der Waals surface area contributed by atoms with Gasteiger partial charge >= 0.3 is 0 Å². The standard InChI is InChI=1S/C15H28N2O/c1-14(2,3)16-8-7-11-9-13(18)17(12(11)10-16)15(4,5)6/h11-12H,7-10H2,1-6H3. The second-order valence-corrected chi connectivity index (χ2v) is 7.87. The summed E-state index contributed by atoms with van der Waals surface area (Å²) in [5.41, 5.74) is 0.164. The highest BCUT2D eigenvalue weighted by atomic mass is 16.2. The van der Waals surface area contributed by atoms with E-state index in [0.29, 0.717) is 17.9 Å². The Hall–Kier alpha value is -0.570. The summed E-state index contributed by atoms with van der Waals surface area (Å²) in [7, 11) is 0. The molecule has 3 heteroatoms. The van der Waals surface area contributed by atoms with Gasteiger partial charge in [0.05, 0.1) is 0 Å². The molecule has 0 bridgehead atoms. The number of carbonyl (C=O) groups excluding carboxylic acids is 1. The second kappa shape index (κ2) is 4.22. The summed E-state index contributed by atoms with van der Waals surface area (Å²) in [6.45, 7) is 15.5. The fourth-order valence-corrected chi connectivity index (χ4v) is 3.50. The molecule has 2 aliphatic rings. The van der Waals surface area contributed by atoms with E-state index < -0.39 is 0 Å². The van der Waals surface area contributed by atoms with Gasteiger partial charge in [0.1, 0.15) is 0 Å². The van der Waals surface area contributed by atoms with E-state index in [-0.39, 0.29) is 11.1 Å². The van der Waals surface area contributed by atoms with Crippen LogP contribution in [0.15, 0.2) is 0 Å². The molecule has 0 aromatic carbocycles. The van der Waals surface area contributed by atoms with E-state index in [1.807, 2.05) is 0 Å². The quantitative estimate of drug-likeness (QED) is 0.661. The molecule has 0 N–H and O–H groups in total. The van der Waals surface area contributed by atoms with Gasteiger partial charge in [0.25, 0.3) is 0 Å². The lowest BCUT2D eigenvalue weighted by Crippen LogP contribution is -2.58. The first kappa shape index (κ1) is 13.9. The molecular formula is C15H28N2O. The van der Waals surface area contributed by atoms with Crippen molar-refractivity contribution >= 4 is 5.91 Å². The molecule has 2 heterocycles. The van der Waals surface area contributed by atoms with Crippen LogP contribution in [0, 0.1) is 5.92 Å². The molecular weight excluding hydrogens is 224 g/mol. The van der Waals surface area contributed by atoms with Crippen LogP contribution in [0.3, 0.4) is 0 Å². The van der Waals surface area contributed by atoms with Crippen molar-refractivity contribution in [3.05, 3.63) is 0 Å². The van der Waals surface area contributed by atoms with E-state index in [1.165, 1.54) is 6.42 Å². The summed E-state index contributed by atoms with van der Waals surface area (Å²) in [6, 6.07) is 0.422. The van der Waals surface area contributed by atoms with Crippen LogP contribution >= 0.6 is 0 Å². The Morgan fingerprint density at radius 3 is 2.17 bits per heavy atom. The van der Waals surface area contributed by atoms with Crippen LogP contribution < -0.4 is 0 Å². The van der Waals surface area contributed by atoms with Crippen LogP contribution in [0.5, 0.6) is 0 Å². The maximum Gasteiger partial charge on any atom is 0.223 e. The number of rotatable bonds is 0. The third kappa shape index (κ3) is 2.42. The third-order valence-electron chi connectivity index (χ3n) is 4.43. The number of piperidine rings is 1. The average molecular weight is 252 g/mol. The SMILES string of the molecule is CC(C)(C)N1CCC2CC(=O)N(C(C)(C)C)C2C1. The number of nitrogens with zero attached hydrogens (tertiary/aromatic N) is 2. The average Bonchev–Trinajstić information content (AvgIpc) is 2.49. The zero-order valence-electron chi connectivity index (χ0n) is 12.8. The number of amides is 1. The van der Waals surface area contributed by atoms with Gasteiger partial charge in [-0.25, -0.2) is 0 Å². The Bertz CT molecular complexity index is 337. The summed E-state index contributed by atoms with van der Waals surface area (Å²) < 4.78 is 0. The number of carbonyl (C=O) groups is 1. The molecule has 2 saturated heterocycles. The highest BCUT2D eigenvalue weighted by Crippen LogP contribution is 2.38. The molecule has 1 amide bonds. The Morgan fingerprint density at radius 2 is 1.67 bits per heavy atom. The number of hydrogen-bond donors (Lipinski definition) is 0. The minimum Gasteiger partial charge on any atom is -0.333 e. The maximum absolute atomic E-state index is 12.3. The first-order chi connectivity index (χ1) is 8.10. The van der Waals surface area contributed by atoms with Gasteiger partial charge in [-0.2, -0.15) is 0 Å². The van der Waals surface area contributed by atoms with Crippen LogP contribution in [0.25, 0.3) is 0 Å². The van der Waals surface area contributed by atoms with Gasteiger partial charge in [-0.1, -0.05) is 0 Å². The van der Waals surface area contributed by atoms with Crippen molar-refractivity contribution in [3.8, 4) is 0 Å². The minimum atomic E-state index is -0.0443. The lowest BCUT2D eigenvalue weighted by Gasteiger charge is -2.47. The molecule has 0 saturated carbocycles. The Labute approximate surface area is 112 Å². The molecule has 18 heavy (non-hydrogen) atoms. The fraction of sp³-hybridized carbons (Fsp3) is 0.933. The molecule has 2 aliphatic heterocycles. The van der Waals surface area contributed by atoms with Gasteiger partial charge in [-0.3, -0.25) is 9.69 Å². The molecule has 0 aromatic rings. The van der Waals surface area contributed by atoms with Gasteiger partial charge in [0.15, 0.2) is 0 Å². The van der Waals surface area contributed by atoms with E-state index in [0.717, 1.165) is 19.5 Å². The van der Waals surface area contributed by atoms with E-state index >= 15 is 0 Å². The Morgan fingerprint density at radius 1 is 1.06 bits per heavy atom. The van der Waals surface area contributed by atoms with Crippen molar-refractivity contribution in [1.82, 2.24) is 9.80 Å². The van der Waals surface area contributed by atoms with Crippen molar-refractivity contribution < 1.29 is 4.79 Å². The summed E-state index contributed by atoms with van der Waals surface area (Å²) in [5, 5.41) is 0. The molecule has 104 valence electrons. The van der Waals surface area contributed by atoms with Crippen molar-refractivity contribution in [2.45, 2.75) is 71.5 Å². The smallest absolute Gasteiger partial charge is 0.223 e. The minimum absolute atomic E-state index is 0.0443. The van der Waals surface area contributed by atoms with E-state index in [2.05, 4.69) is 51.3 Å². The Balaban J connectivity index is 2.19. The van der Waals surface area contributed by atoms with Crippen LogP contribution in [-0.2, 0) is 4.79 Å². The summed E-state index contributed by atoms with van der Waals surface area (Å²) in [6.07, 6.45) is 1.93. The Kier molecular flexibility index (Phi) is 3.25. The molecule has 2 atom stereocenters. The predicted octanol–water partition coefficient (Wildman–Crippen LogP) is 2.51. The zero-order valence-corrected chi connectivity index (χ0v) is 12.8. The number of hydrogen-bond acceptors (Lipinski definition) is 2. The highest BCUT2D eigenvalue weighted by molar-refractivity contribution is 5.80. The fourth-order valence-electron chi connectivity index (χ4n) is 3.50. The summed E-state index contributed by atoms with van der Waals surface area (Å²) in [4.78, 5) is 16.9. The molecule has 0 spiro atoms. The van der Waals surface area contributed by atoms with Crippen LogP contribution in [-0.4, -0.2) is 45.9 Å². The number of likely N-dealkylation sites (tertiary alicyclic amines) is 2. The molecule has 0 aromatic heterocycles. The molecule has 2 unspecified atom stereocenters. The monoisotopic (exact) mass is 252 g/mol. The van der Waals surface area contributed by atoms with Crippen molar-refractivity contribution in [2.75, 3.05) is 13.1 Å². The molecule has 0 aliphatic carbocycles. The highest BCUT2D eigenvalue weighted by Gasteiger charge is 2.47. The lowest BCUT2D eigenvalue weighted by molar-refractivity contribution is -0.134. The van der Waals surface area contributed by atoms with Gasteiger partial charge < -0.3 is 4.90 Å². The number of fused-ring (bicyclic) bond motifs is 1. The van der Waals surface area contributed by atoms with Gasteiger partial charge in [0, 0.05) is 30.1 Å². The molecule has 3 nitrogen and oxygen atoms in total. The van der Waals surface area contributed by atoms with E-state index in [1.54, 1.807) is 0 Å².